The van der Waals surface area contributed by atoms with Crippen molar-refractivity contribution in [2.45, 2.75) is 55.3 Å². The predicted molar refractivity (Wildman–Crippen MR) is 135 cm³/mol. The van der Waals surface area contributed by atoms with E-state index in [4.69, 9.17) is 9.47 Å². The molecule has 2 amide bonds. The lowest BCUT2D eigenvalue weighted by molar-refractivity contribution is -0.153. The van der Waals surface area contributed by atoms with Crippen LogP contribution in [0.3, 0.4) is 0 Å². The van der Waals surface area contributed by atoms with Crippen LogP contribution in [0.5, 0.6) is 0 Å². The van der Waals surface area contributed by atoms with Gasteiger partial charge in [0, 0.05) is 37.6 Å². The van der Waals surface area contributed by atoms with E-state index >= 15 is 0 Å². The van der Waals surface area contributed by atoms with Gasteiger partial charge in [-0.2, -0.15) is 0 Å². The lowest BCUT2D eigenvalue weighted by Crippen LogP contribution is -2.59. The fourth-order valence-electron chi connectivity index (χ4n) is 6.55. The number of aliphatic hydroxyl groups is 1. The second-order valence-electron chi connectivity index (χ2n) is 10.7. The summed E-state index contributed by atoms with van der Waals surface area (Å²) in [5.41, 5.74) is -1.25. The maximum Gasteiger partial charge on any atom is 0.310 e. The first-order chi connectivity index (χ1) is 17.2. The first kappa shape index (κ1) is 27.5. The molecule has 2 N–H and O–H groups in total. The number of hydrogen-bond acceptors (Lipinski definition) is 7. The Hall–Kier alpha value is -1.53. The van der Waals surface area contributed by atoms with Crippen LogP contribution in [0.15, 0.2) is 12.7 Å². The minimum atomic E-state index is -1.25. The van der Waals surface area contributed by atoms with Crippen LogP contribution in [0.25, 0.3) is 0 Å². The number of carboxylic acid groups (broad SMARTS) is 1. The Kier molecular flexibility index (Phi) is 8.45. The number of carboxylic acids is 1. The maximum absolute atomic E-state index is 14.3. The number of aliphatic carboxylic acids is 1. The van der Waals surface area contributed by atoms with Crippen LogP contribution in [0, 0.1) is 17.8 Å². The van der Waals surface area contributed by atoms with E-state index in [0.717, 1.165) is 13.1 Å². The Morgan fingerprint density at radius 1 is 1.33 bits per heavy atom. The fourth-order valence-corrected chi connectivity index (χ4v) is 7.49. The Bertz CT molecular complexity index is 867. The number of likely N-dealkylation sites (tertiary alicyclic amines) is 1. The number of ether oxygens (including phenoxy) is 2. The van der Waals surface area contributed by atoms with Crippen LogP contribution in [0.4, 0.5) is 0 Å². The van der Waals surface area contributed by atoms with Crippen LogP contribution in [0.2, 0.25) is 0 Å². The summed E-state index contributed by atoms with van der Waals surface area (Å²) >= 11 is 3.57. The molecule has 4 aliphatic heterocycles. The number of amides is 2. The van der Waals surface area contributed by atoms with Gasteiger partial charge >= 0.3 is 5.97 Å². The number of hydrogen-bond donors (Lipinski definition) is 2. The highest BCUT2D eigenvalue weighted by Gasteiger charge is 2.77. The van der Waals surface area contributed by atoms with Crippen LogP contribution in [-0.2, 0) is 23.9 Å². The maximum atomic E-state index is 14.3. The summed E-state index contributed by atoms with van der Waals surface area (Å²) in [6, 6.07) is -1.62. The Morgan fingerprint density at radius 2 is 2.03 bits per heavy atom. The molecule has 11 heteroatoms. The zero-order valence-electron chi connectivity index (χ0n) is 21.1. The number of halogens is 1. The summed E-state index contributed by atoms with van der Waals surface area (Å²) in [5, 5.41) is 20.3. The minimum Gasteiger partial charge on any atom is -0.481 e. The molecular formula is C25H38BrN3O7. The molecular weight excluding hydrogens is 534 g/mol. The zero-order chi connectivity index (χ0) is 26.2. The number of morpholine rings is 1. The molecule has 0 aromatic carbocycles. The number of aliphatic hydroxyl groups excluding tert-OH is 1. The zero-order valence-corrected chi connectivity index (χ0v) is 22.6. The van der Waals surface area contributed by atoms with Gasteiger partial charge in [0.2, 0.25) is 11.8 Å². The second kappa shape index (κ2) is 11.1. The monoisotopic (exact) mass is 571 g/mol. The van der Waals surface area contributed by atoms with Crippen LogP contribution in [0.1, 0.15) is 26.7 Å². The van der Waals surface area contributed by atoms with E-state index in [1.807, 2.05) is 13.8 Å². The molecule has 2 bridgehead atoms. The van der Waals surface area contributed by atoms with Crippen molar-refractivity contribution in [3.8, 4) is 0 Å². The molecule has 3 unspecified atom stereocenters. The van der Waals surface area contributed by atoms with Gasteiger partial charge in [-0.3, -0.25) is 19.3 Å². The summed E-state index contributed by atoms with van der Waals surface area (Å²) in [7, 11) is 0. The van der Waals surface area contributed by atoms with E-state index in [-0.39, 0.29) is 23.3 Å². The van der Waals surface area contributed by atoms with E-state index in [1.54, 1.807) is 11.0 Å². The van der Waals surface area contributed by atoms with Gasteiger partial charge in [0.1, 0.15) is 11.6 Å². The van der Waals surface area contributed by atoms with Crippen molar-refractivity contribution < 1.29 is 34.1 Å². The number of nitrogens with zero attached hydrogens (tertiary/aromatic N) is 3. The molecule has 0 saturated carbocycles. The molecule has 4 rings (SSSR count). The summed E-state index contributed by atoms with van der Waals surface area (Å²) in [4.78, 5) is 45.6. The molecule has 7 atom stereocenters. The Labute approximate surface area is 220 Å². The average molecular weight is 572 g/mol. The number of carbonyl (C=O) groups excluding carboxylic acids is 2. The van der Waals surface area contributed by atoms with Crippen LogP contribution in [-0.4, -0.2) is 124 Å². The standard InChI is InChI=1S/C25H38BrN3O7/c1-4-5-28(7-6-27-8-10-35-11-9-27)23(32)21-25-13-17(26)20(36-25)18(24(33)34)19(25)22(31)29(21)16(14-30)12-15(2)3/h4,15-21,30H,1,5-14H2,2-3H3,(H,33,34)/t16-,17?,18-,19+,20-,21?,25?/m1/s1. The molecule has 10 nitrogen and oxygen atoms in total. The highest BCUT2D eigenvalue weighted by Crippen LogP contribution is 2.60. The van der Waals surface area contributed by atoms with E-state index in [9.17, 15) is 24.6 Å². The van der Waals surface area contributed by atoms with Crippen molar-refractivity contribution in [3.63, 3.8) is 0 Å². The number of carbonyl (C=O) groups is 3. The molecule has 4 aliphatic rings. The highest BCUT2D eigenvalue weighted by molar-refractivity contribution is 9.09. The number of rotatable bonds is 11. The van der Waals surface area contributed by atoms with Gasteiger partial charge < -0.3 is 29.5 Å². The molecule has 1 spiro atoms. The van der Waals surface area contributed by atoms with Gasteiger partial charge in [0.05, 0.1) is 43.8 Å². The summed E-state index contributed by atoms with van der Waals surface area (Å²) in [5.74, 6) is -3.64. The van der Waals surface area contributed by atoms with Crippen molar-refractivity contribution >= 4 is 33.7 Å². The molecule has 0 aliphatic carbocycles. The summed E-state index contributed by atoms with van der Waals surface area (Å²) in [6.07, 6.45) is 1.82. The highest BCUT2D eigenvalue weighted by atomic mass is 79.9. The Morgan fingerprint density at radius 3 is 2.61 bits per heavy atom. The van der Waals surface area contributed by atoms with E-state index in [0.29, 0.717) is 45.7 Å². The topological polar surface area (TPSA) is 120 Å². The van der Waals surface area contributed by atoms with Crippen LogP contribution >= 0.6 is 15.9 Å². The largest absolute Gasteiger partial charge is 0.481 e. The van der Waals surface area contributed by atoms with Crippen molar-refractivity contribution in [1.29, 1.82) is 0 Å². The molecule has 0 aromatic rings. The SMILES string of the molecule is C=CCN(CCN1CCOCC1)C(=O)C1N([C@@H](CO)CC(C)C)C(=O)[C@@H]2[C@@H](C(=O)O)[C@@H]3OC12CC3Br. The molecule has 202 valence electrons. The normalized spacial score (nSPS) is 34.8. The number of fused-ring (bicyclic) bond motifs is 1. The van der Waals surface area contributed by atoms with Crippen LogP contribution < -0.4 is 0 Å². The predicted octanol–water partition coefficient (Wildman–Crippen LogP) is 0.573. The van der Waals surface area contributed by atoms with Gasteiger partial charge in [-0.05, 0) is 18.8 Å². The van der Waals surface area contributed by atoms with E-state index in [1.165, 1.54) is 4.90 Å². The Balaban J connectivity index is 1.70. The first-order valence-electron chi connectivity index (χ1n) is 12.8. The smallest absolute Gasteiger partial charge is 0.310 e. The summed E-state index contributed by atoms with van der Waals surface area (Å²) < 4.78 is 11.8. The molecule has 36 heavy (non-hydrogen) atoms. The van der Waals surface area contributed by atoms with Gasteiger partial charge in [-0.15, -0.1) is 6.58 Å². The molecule has 4 fully saturated rings. The lowest BCUT2D eigenvalue weighted by Gasteiger charge is -2.40. The molecule has 4 saturated heterocycles. The number of alkyl halides is 1. The van der Waals surface area contributed by atoms with Gasteiger partial charge in [0.25, 0.3) is 0 Å². The quantitative estimate of drug-likeness (QED) is 0.273. The van der Waals surface area contributed by atoms with Crippen molar-refractivity contribution in [2.24, 2.45) is 17.8 Å². The van der Waals surface area contributed by atoms with Crippen molar-refractivity contribution in [2.75, 3.05) is 52.5 Å². The third kappa shape index (κ3) is 4.73. The molecule has 4 heterocycles. The lowest BCUT2D eigenvalue weighted by atomic mass is 9.70. The van der Waals surface area contributed by atoms with E-state index in [2.05, 4.69) is 27.4 Å². The summed E-state index contributed by atoms with van der Waals surface area (Å²) in [6.45, 7) is 11.7. The van der Waals surface area contributed by atoms with Crippen molar-refractivity contribution in [3.05, 3.63) is 12.7 Å². The second-order valence-corrected chi connectivity index (χ2v) is 11.9. The first-order valence-corrected chi connectivity index (χ1v) is 13.7. The van der Waals surface area contributed by atoms with E-state index < -0.39 is 47.5 Å². The molecule has 0 aromatic heterocycles. The average Bonchev–Trinajstić information content (AvgIpc) is 3.43. The van der Waals surface area contributed by atoms with Gasteiger partial charge in [0.15, 0.2) is 0 Å². The fraction of sp³-hybridized carbons (Fsp3) is 0.800. The van der Waals surface area contributed by atoms with Gasteiger partial charge in [-0.1, -0.05) is 35.9 Å². The minimum absolute atomic E-state index is 0.158. The molecule has 0 radical (unpaired) electrons. The third-order valence-electron chi connectivity index (χ3n) is 8.04. The third-order valence-corrected chi connectivity index (χ3v) is 8.89. The van der Waals surface area contributed by atoms with Crippen molar-refractivity contribution in [1.82, 2.24) is 14.7 Å². The van der Waals surface area contributed by atoms with Gasteiger partial charge in [-0.25, -0.2) is 0 Å².